The maximum atomic E-state index is 5.85. The van der Waals surface area contributed by atoms with Gasteiger partial charge in [-0.15, -0.1) is 0 Å². The predicted molar refractivity (Wildman–Crippen MR) is 60.9 cm³/mol. The Balaban J connectivity index is 2.55. The molecule has 0 spiro atoms. The topological polar surface area (TPSA) is 38.0 Å². The predicted octanol–water partition coefficient (Wildman–Crippen LogP) is 2.60. The quantitative estimate of drug-likeness (QED) is 0.856. The maximum absolute atomic E-state index is 5.85. The van der Waals surface area contributed by atoms with Gasteiger partial charge < -0.3 is 11.1 Å². The van der Waals surface area contributed by atoms with Crippen LogP contribution in [0, 0.1) is 0 Å². The molecule has 0 aliphatic heterocycles. The lowest BCUT2D eigenvalue weighted by molar-refractivity contribution is 0.549. The molecule has 0 amide bonds. The van der Waals surface area contributed by atoms with Crippen LogP contribution in [0.5, 0.6) is 0 Å². The van der Waals surface area contributed by atoms with Crippen LogP contribution in [0.3, 0.4) is 0 Å². The largest absolute Gasteiger partial charge is 0.383 e. The van der Waals surface area contributed by atoms with Gasteiger partial charge in [0.25, 0.3) is 0 Å². The van der Waals surface area contributed by atoms with Crippen molar-refractivity contribution in [3.05, 3.63) is 28.7 Å². The number of anilines is 1. The van der Waals surface area contributed by atoms with Crippen LogP contribution in [0.2, 0.25) is 0 Å². The molecule has 0 saturated heterocycles. The summed E-state index contributed by atoms with van der Waals surface area (Å²) in [6, 6.07) is 8.05. The lowest BCUT2D eigenvalue weighted by Gasteiger charge is -2.19. The van der Waals surface area contributed by atoms with Gasteiger partial charge in [0.15, 0.2) is 0 Å². The average Bonchev–Trinajstić information content (AvgIpc) is 2.00. The molecule has 0 aliphatic carbocycles. The van der Waals surface area contributed by atoms with Gasteiger partial charge in [0.1, 0.15) is 0 Å². The molecule has 3 N–H and O–H groups in total. The maximum Gasteiger partial charge on any atom is 0.0352 e. The molecule has 1 aromatic carbocycles. The Bertz CT molecular complexity index is 278. The summed E-state index contributed by atoms with van der Waals surface area (Å²) >= 11 is 3.41. The molecule has 0 aliphatic rings. The summed E-state index contributed by atoms with van der Waals surface area (Å²) in [5.74, 6) is 0. The normalized spacial score (nSPS) is 11.4. The van der Waals surface area contributed by atoms with Gasteiger partial charge in [-0.1, -0.05) is 22.0 Å². The molecule has 0 radical (unpaired) electrons. The third kappa shape index (κ3) is 4.29. The first-order valence-corrected chi connectivity index (χ1v) is 5.05. The number of hydrogen-bond acceptors (Lipinski definition) is 2. The SMILES string of the molecule is CC(C)(N)CNc1cccc(Br)c1. The molecule has 2 nitrogen and oxygen atoms in total. The van der Waals surface area contributed by atoms with Gasteiger partial charge in [-0.3, -0.25) is 0 Å². The van der Waals surface area contributed by atoms with Crippen molar-refractivity contribution in [1.82, 2.24) is 0 Å². The molecule has 72 valence electrons. The molecular formula is C10H15BrN2. The zero-order valence-electron chi connectivity index (χ0n) is 7.97. The number of benzene rings is 1. The van der Waals surface area contributed by atoms with E-state index in [-0.39, 0.29) is 5.54 Å². The van der Waals surface area contributed by atoms with Crippen LogP contribution in [0.15, 0.2) is 28.7 Å². The number of nitrogens with two attached hydrogens (primary N) is 1. The number of rotatable bonds is 3. The first-order chi connectivity index (χ1) is 5.97. The Morgan fingerprint density at radius 2 is 2.15 bits per heavy atom. The minimum Gasteiger partial charge on any atom is -0.383 e. The second-order valence-electron chi connectivity index (χ2n) is 3.85. The molecule has 1 aromatic rings. The van der Waals surface area contributed by atoms with Gasteiger partial charge >= 0.3 is 0 Å². The van der Waals surface area contributed by atoms with Gasteiger partial charge in [-0.2, -0.15) is 0 Å². The molecular weight excluding hydrogens is 228 g/mol. The van der Waals surface area contributed by atoms with Crippen LogP contribution in [0.4, 0.5) is 5.69 Å². The van der Waals surface area contributed by atoms with Crippen molar-refractivity contribution in [1.29, 1.82) is 0 Å². The number of hydrogen-bond donors (Lipinski definition) is 2. The van der Waals surface area contributed by atoms with E-state index in [0.29, 0.717) is 0 Å². The van der Waals surface area contributed by atoms with Gasteiger partial charge in [-0.05, 0) is 32.0 Å². The molecule has 0 bridgehead atoms. The van der Waals surface area contributed by atoms with Crippen LogP contribution < -0.4 is 11.1 Å². The van der Waals surface area contributed by atoms with E-state index in [1.54, 1.807) is 0 Å². The van der Waals surface area contributed by atoms with Crippen molar-refractivity contribution >= 4 is 21.6 Å². The van der Waals surface area contributed by atoms with E-state index >= 15 is 0 Å². The zero-order chi connectivity index (χ0) is 9.90. The average molecular weight is 243 g/mol. The summed E-state index contributed by atoms with van der Waals surface area (Å²) in [4.78, 5) is 0. The standard InChI is InChI=1S/C10H15BrN2/c1-10(2,12)7-13-9-5-3-4-8(11)6-9/h3-6,13H,7,12H2,1-2H3. The second kappa shape index (κ2) is 4.11. The van der Waals surface area contributed by atoms with Gasteiger partial charge in [0.2, 0.25) is 0 Å². The van der Waals surface area contributed by atoms with E-state index in [1.807, 2.05) is 38.1 Å². The minimum atomic E-state index is -0.178. The molecule has 0 unspecified atom stereocenters. The molecule has 1 rings (SSSR count). The van der Waals surface area contributed by atoms with Crippen LogP contribution in [-0.4, -0.2) is 12.1 Å². The third-order valence-corrected chi connectivity index (χ3v) is 2.07. The summed E-state index contributed by atoms with van der Waals surface area (Å²) in [5.41, 5.74) is 6.76. The van der Waals surface area contributed by atoms with Crippen molar-refractivity contribution in [2.24, 2.45) is 5.73 Å². The summed E-state index contributed by atoms with van der Waals surface area (Å²) in [6.07, 6.45) is 0. The van der Waals surface area contributed by atoms with Crippen LogP contribution in [-0.2, 0) is 0 Å². The van der Waals surface area contributed by atoms with E-state index in [0.717, 1.165) is 16.7 Å². The molecule has 13 heavy (non-hydrogen) atoms. The fraction of sp³-hybridized carbons (Fsp3) is 0.400. The minimum absolute atomic E-state index is 0.178. The number of halogens is 1. The first-order valence-electron chi connectivity index (χ1n) is 4.26. The lowest BCUT2D eigenvalue weighted by atomic mass is 10.1. The Morgan fingerprint density at radius 3 is 2.69 bits per heavy atom. The Morgan fingerprint density at radius 1 is 1.46 bits per heavy atom. The van der Waals surface area contributed by atoms with E-state index in [1.165, 1.54) is 0 Å². The van der Waals surface area contributed by atoms with Crippen molar-refractivity contribution in [3.8, 4) is 0 Å². The summed E-state index contributed by atoms with van der Waals surface area (Å²) < 4.78 is 1.08. The van der Waals surface area contributed by atoms with Crippen molar-refractivity contribution in [2.45, 2.75) is 19.4 Å². The Kier molecular flexibility index (Phi) is 3.33. The molecule has 0 atom stereocenters. The lowest BCUT2D eigenvalue weighted by Crippen LogP contribution is -2.39. The molecule has 0 aromatic heterocycles. The van der Waals surface area contributed by atoms with Crippen molar-refractivity contribution < 1.29 is 0 Å². The smallest absolute Gasteiger partial charge is 0.0352 e. The third-order valence-electron chi connectivity index (χ3n) is 1.57. The van der Waals surface area contributed by atoms with Crippen LogP contribution in [0.1, 0.15) is 13.8 Å². The highest BCUT2D eigenvalue weighted by Gasteiger charge is 2.09. The van der Waals surface area contributed by atoms with Gasteiger partial charge in [0.05, 0.1) is 0 Å². The molecule has 0 heterocycles. The van der Waals surface area contributed by atoms with E-state index in [9.17, 15) is 0 Å². The monoisotopic (exact) mass is 242 g/mol. The zero-order valence-corrected chi connectivity index (χ0v) is 9.56. The van der Waals surface area contributed by atoms with Gasteiger partial charge in [-0.25, -0.2) is 0 Å². The Labute approximate surface area is 87.6 Å². The molecule has 0 saturated carbocycles. The summed E-state index contributed by atoms with van der Waals surface area (Å²) in [6.45, 7) is 4.76. The molecule has 0 fully saturated rings. The summed E-state index contributed by atoms with van der Waals surface area (Å²) in [7, 11) is 0. The highest BCUT2D eigenvalue weighted by molar-refractivity contribution is 9.10. The highest BCUT2D eigenvalue weighted by Crippen LogP contribution is 2.15. The fourth-order valence-electron chi connectivity index (χ4n) is 0.928. The molecule has 3 heteroatoms. The highest BCUT2D eigenvalue weighted by atomic mass is 79.9. The van der Waals surface area contributed by atoms with E-state index in [4.69, 9.17) is 5.73 Å². The van der Waals surface area contributed by atoms with Crippen LogP contribution in [0.25, 0.3) is 0 Å². The van der Waals surface area contributed by atoms with Crippen LogP contribution >= 0.6 is 15.9 Å². The van der Waals surface area contributed by atoms with E-state index in [2.05, 4.69) is 21.2 Å². The van der Waals surface area contributed by atoms with E-state index < -0.39 is 0 Å². The first kappa shape index (κ1) is 10.5. The summed E-state index contributed by atoms with van der Waals surface area (Å²) in [5, 5.41) is 3.27. The number of nitrogens with one attached hydrogen (secondary N) is 1. The fourth-order valence-corrected chi connectivity index (χ4v) is 1.33. The van der Waals surface area contributed by atoms with Gasteiger partial charge in [0, 0.05) is 22.2 Å². The second-order valence-corrected chi connectivity index (χ2v) is 4.77. The van der Waals surface area contributed by atoms with Crippen molar-refractivity contribution in [3.63, 3.8) is 0 Å². The van der Waals surface area contributed by atoms with Crippen molar-refractivity contribution in [2.75, 3.05) is 11.9 Å². The Hall–Kier alpha value is -0.540.